The maximum absolute atomic E-state index is 12.7. The molecule has 0 bridgehead atoms. The molecule has 29 heavy (non-hydrogen) atoms. The molecule has 0 saturated carbocycles. The highest BCUT2D eigenvalue weighted by molar-refractivity contribution is 5.91. The van der Waals surface area contributed by atoms with Gasteiger partial charge in [0.25, 0.3) is 0 Å². The van der Waals surface area contributed by atoms with E-state index in [1.54, 1.807) is 7.11 Å². The summed E-state index contributed by atoms with van der Waals surface area (Å²) in [5.74, 6) is 0.682. The summed E-state index contributed by atoms with van der Waals surface area (Å²) in [6.45, 7) is 6.24. The second-order valence-corrected chi connectivity index (χ2v) is 7.57. The molecule has 2 aromatic carbocycles. The number of nitrogens with zero attached hydrogens (tertiary/aromatic N) is 2. The molecule has 1 aromatic heterocycles. The summed E-state index contributed by atoms with van der Waals surface area (Å²) in [6, 6.07) is 14.1. The Balaban J connectivity index is 1.29. The molecule has 1 fully saturated rings. The largest absolute Gasteiger partial charge is 0.495 e. The monoisotopic (exact) mass is 392 g/mol. The molecule has 0 spiro atoms. The molecule has 2 heterocycles. The lowest BCUT2D eigenvalue weighted by molar-refractivity contribution is 0.148. The van der Waals surface area contributed by atoms with E-state index in [1.807, 2.05) is 30.0 Å². The van der Waals surface area contributed by atoms with E-state index in [9.17, 15) is 4.79 Å². The Hall–Kier alpha value is -2.99. The lowest BCUT2D eigenvalue weighted by Gasteiger charge is -2.34. The Morgan fingerprint density at radius 2 is 1.93 bits per heavy atom. The highest BCUT2D eigenvalue weighted by Crippen LogP contribution is 2.25. The Morgan fingerprint density at radius 1 is 1.14 bits per heavy atom. The van der Waals surface area contributed by atoms with E-state index >= 15 is 0 Å². The Bertz CT molecular complexity index is 989. The van der Waals surface area contributed by atoms with Gasteiger partial charge >= 0.3 is 6.03 Å². The quantitative estimate of drug-likeness (QED) is 0.693. The molecule has 6 heteroatoms. The van der Waals surface area contributed by atoms with Crippen molar-refractivity contribution in [2.24, 2.45) is 0 Å². The molecular weight excluding hydrogens is 364 g/mol. The summed E-state index contributed by atoms with van der Waals surface area (Å²) < 4.78 is 5.36. The van der Waals surface area contributed by atoms with Gasteiger partial charge in [0.1, 0.15) is 5.75 Å². The molecule has 152 valence electrons. The summed E-state index contributed by atoms with van der Waals surface area (Å²) in [6.07, 6.45) is 3.13. The number of urea groups is 1. The third kappa shape index (κ3) is 4.38. The fraction of sp³-hybridized carbons (Fsp3) is 0.348. The summed E-state index contributed by atoms with van der Waals surface area (Å²) >= 11 is 0. The second kappa shape index (κ2) is 8.57. The number of para-hydroxylation sites is 1. The molecule has 2 N–H and O–H groups in total. The minimum atomic E-state index is -0.0646. The van der Waals surface area contributed by atoms with Gasteiger partial charge in [-0.3, -0.25) is 4.90 Å². The van der Waals surface area contributed by atoms with Crippen molar-refractivity contribution in [1.82, 2.24) is 14.8 Å². The number of piperazine rings is 1. The fourth-order valence-electron chi connectivity index (χ4n) is 3.91. The minimum absolute atomic E-state index is 0.0646. The molecule has 2 amide bonds. The van der Waals surface area contributed by atoms with E-state index in [4.69, 9.17) is 4.74 Å². The Kier molecular flexibility index (Phi) is 5.71. The van der Waals surface area contributed by atoms with Crippen LogP contribution in [0.15, 0.2) is 48.7 Å². The maximum Gasteiger partial charge on any atom is 0.322 e. The van der Waals surface area contributed by atoms with Crippen molar-refractivity contribution in [2.75, 3.05) is 45.2 Å². The Morgan fingerprint density at radius 3 is 2.72 bits per heavy atom. The third-order valence-corrected chi connectivity index (χ3v) is 5.63. The van der Waals surface area contributed by atoms with Gasteiger partial charge in [-0.15, -0.1) is 0 Å². The normalized spacial score (nSPS) is 14.9. The van der Waals surface area contributed by atoms with Gasteiger partial charge in [0.2, 0.25) is 0 Å². The van der Waals surface area contributed by atoms with Crippen LogP contribution in [0.2, 0.25) is 0 Å². The van der Waals surface area contributed by atoms with Crippen molar-refractivity contribution >= 4 is 22.6 Å². The van der Waals surface area contributed by atoms with Crippen LogP contribution in [0.4, 0.5) is 10.5 Å². The summed E-state index contributed by atoms with van der Waals surface area (Å²) in [5.41, 5.74) is 4.35. The number of carbonyl (C=O) groups excluding carboxylic acids is 1. The number of aryl methyl sites for hydroxylation is 1. The number of H-pyrrole nitrogens is 1. The van der Waals surface area contributed by atoms with Crippen molar-refractivity contribution < 1.29 is 9.53 Å². The van der Waals surface area contributed by atoms with Crippen LogP contribution < -0.4 is 10.1 Å². The SMILES string of the molecule is COc1ccc(C)cc1NC(=O)N1CCN(CCc2c[nH]c3ccccc23)CC1. The van der Waals surface area contributed by atoms with E-state index in [1.165, 1.54) is 16.5 Å². The smallest absolute Gasteiger partial charge is 0.322 e. The van der Waals surface area contributed by atoms with Gasteiger partial charge in [-0.1, -0.05) is 24.3 Å². The average molecular weight is 393 g/mol. The first kappa shape index (κ1) is 19.3. The van der Waals surface area contributed by atoms with Crippen LogP contribution in [0.25, 0.3) is 10.9 Å². The predicted octanol–water partition coefficient (Wildman–Crippen LogP) is 3.88. The van der Waals surface area contributed by atoms with Crippen LogP contribution >= 0.6 is 0 Å². The first-order valence-corrected chi connectivity index (χ1v) is 10.1. The molecule has 1 aliphatic heterocycles. The number of nitrogens with one attached hydrogen (secondary N) is 2. The third-order valence-electron chi connectivity index (χ3n) is 5.63. The van der Waals surface area contributed by atoms with E-state index in [0.29, 0.717) is 5.75 Å². The number of carbonyl (C=O) groups is 1. The average Bonchev–Trinajstić information content (AvgIpc) is 3.16. The summed E-state index contributed by atoms with van der Waals surface area (Å²) in [4.78, 5) is 20.3. The lowest BCUT2D eigenvalue weighted by atomic mass is 10.1. The number of ether oxygens (including phenoxy) is 1. The van der Waals surface area contributed by atoms with Gasteiger partial charge in [0.15, 0.2) is 0 Å². The summed E-state index contributed by atoms with van der Waals surface area (Å²) in [5, 5.41) is 4.30. The Labute approximate surface area is 171 Å². The molecule has 0 aliphatic carbocycles. The molecule has 1 aliphatic rings. The van der Waals surface area contributed by atoms with Gasteiger partial charge in [-0.2, -0.15) is 0 Å². The molecule has 4 rings (SSSR count). The van der Waals surface area contributed by atoms with Gasteiger partial charge in [-0.25, -0.2) is 4.79 Å². The maximum atomic E-state index is 12.7. The van der Waals surface area contributed by atoms with E-state index in [0.717, 1.165) is 50.4 Å². The number of aromatic nitrogens is 1. The van der Waals surface area contributed by atoms with Crippen LogP contribution in [0, 0.1) is 6.92 Å². The van der Waals surface area contributed by atoms with Crippen molar-refractivity contribution in [3.8, 4) is 5.75 Å². The number of rotatable bonds is 5. The zero-order valence-corrected chi connectivity index (χ0v) is 17.1. The molecule has 0 radical (unpaired) electrons. The first-order chi connectivity index (χ1) is 14.1. The van der Waals surface area contributed by atoms with Crippen molar-refractivity contribution in [3.63, 3.8) is 0 Å². The van der Waals surface area contributed by atoms with Crippen molar-refractivity contribution in [1.29, 1.82) is 0 Å². The van der Waals surface area contributed by atoms with E-state index < -0.39 is 0 Å². The molecule has 0 unspecified atom stereocenters. The van der Waals surface area contributed by atoms with Gasteiger partial charge < -0.3 is 19.9 Å². The number of anilines is 1. The number of fused-ring (bicyclic) bond motifs is 1. The number of aromatic amines is 1. The standard InChI is InChI=1S/C23H28N4O2/c1-17-7-8-22(29-2)21(15-17)25-23(28)27-13-11-26(12-14-27)10-9-18-16-24-20-6-4-3-5-19(18)20/h3-8,15-16,24H,9-14H2,1-2H3,(H,25,28). The van der Waals surface area contributed by atoms with Crippen molar-refractivity contribution in [2.45, 2.75) is 13.3 Å². The molecule has 0 atom stereocenters. The number of amides is 2. The number of hydrogen-bond acceptors (Lipinski definition) is 3. The second-order valence-electron chi connectivity index (χ2n) is 7.57. The van der Waals surface area contributed by atoms with E-state index in [-0.39, 0.29) is 6.03 Å². The fourth-order valence-corrected chi connectivity index (χ4v) is 3.91. The zero-order chi connectivity index (χ0) is 20.2. The lowest BCUT2D eigenvalue weighted by Crippen LogP contribution is -2.50. The topological polar surface area (TPSA) is 60.6 Å². The van der Waals surface area contributed by atoms with Crippen molar-refractivity contribution in [3.05, 3.63) is 59.8 Å². The number of hydrogen-bond donors (Lipinski definition) is 2. The molecular formula is C23H28N4O2. The molecule has 3 aromatic rings. The highest BCUT2D eigenvalue weighted by Gasteiger charge is 2.22. The van der Waals surface area contributed by atoms with Gasteiger partial charge in [-0.05, 0) is 42.7 Å². The number of methoxy groups -OCH3 is 1. The predicted molar refractivity (Wildman–Crippen MR) is 117 cm³/mol. The van der Waals surface area contributed by atoms with Crippen LogP contribution in [-0.4, -0.2) is 60.6 Å². The van der Waals surface area contributed by atoms with Crippen LogP contribution in [0.3, 0.4) is 0 Å². The number of benzene rings is 2. The molecule has 6 nitrogen and oxygen atoms in total. The van der Waals surface area contributed by atoms with Crippen LogP contribution in [0.5, 0.6) is 5.75 Å². The van der Waals surface area contributed by atoms with Crippen LogP contribution in [-0.2, 0) is 6.42 Å². The minimum Gasteiger partial charge on any atom is -0.495 e. The van der Waals surface area contributed by atoms with Gasteiger partial charge in [0, 0.05) is 49.8 Å². The van der Waals surface area contributed by atoms with E-state index in [2.05, 4.69) is 45.7 Å². The van der Waals surface area contributed by atoms with Crippen LogP contribution in [0.1, 0.15) is 11.1 Å². The summed E-state index contributed by atoms with van der Waals surface area (Å²) in [7, 11) is 1.62. The highest BCUT2D eigenvalue weighted by atomic mass is 16.5. The zero-order valence-electron chi connectivity index (χ0n) is 17.1. The molecule has 1 saturated heterocycles. The van der Waals surface area contributed by atoms with Gasteiger partial charge in [0.05, 0.1) is 12.8 Å². The first-order valence-electron chi connectivity index (χ1n) is 10.1.